The molecule has 0 aliphatic heterocycles. The van der Waals surface area contributed by atoms with Gasteiger partial charge >= 0.3 is 5.97 Å². The molecule has 0 fully saturated rings. The first kappa shape index (κ1) is 41.4. The summed E-state index contributed by atoms with van der Waals surface area (Å²) >= 11 is 0. The van der Waals surface area contributed by atoms with E-state index in [1.165, 1.54) is 7.11 Å². The molecule has 2 N–H and O–H groups in total. The van der Waals surface area contributed by atoms with Crippen LogP contribution in [0, 0.1) is 12.8 Å². The number of hydrogen-bond acceptors (Lipinski definition) is 7. The number of methoxy groups -OCH3 is 1. The van der Waals surface area contributed by atoms with E-state index in [2.05, 4.69) is 87.5 Å². The van der Waals surface area contributed by atoms with Crippen molar-refractivity contribution in [2.75, 3.05) is 21.2 Å². The molecule has 0 amide bonds. The van der Waals surface area contributed by atoms with Crippen LogP contribution in [0.3, 0.4) is 0 Å². The van der Waals surface area contributed by atoms with Crippen molar-refractivity contribution in [1.82, 2.24) is 35.5 Å². The predicted molar refractivity (Wildman–Crippen MR) is 236 cm³/mol. The van der Waals surface area contributed by atoms with Crippen LogP contribution in [0.2, 0.25) is 0 Å². The van der Waals surface area contributed by atoms with E-state index >= 15 is 4.79 Å². The second-order valence-electron chi connectivity index (χ2n) is 15.6. The first-order valence-electron chi connectivity index (χ1n) is 20.6. The van der Waals surface area contributed by atoms with Gasteiger partial charge in [0.1, 0.15) is 17.2 Å². The monoisotopic (exact) mass is 801 g/mol. The number of para-hydroxylation sites is 1. The number of aromatic nitrogens is 6. The van der Waals surface area contributed by atoms with Crippen LogP contribution < -0.4 is 5.56 Å². The smallest absolute Gasteiger partial charge is 0.310 e. The average Bonchev–Trinajstić information content (AvgIpc) is 3.80. The second kappa shape index (κ2) is 17.6. The van der Waals surface area contributed by atoms with E-state index in [1.807, 2.05) is 99.0 Å². The van der Waals surface area contributed by atoms with Crippen LogP contribution in [0.25, 0.3) is 22.3 Å². The molecule has 3 atom stereocenters. The van der Waals surface area contributed by atoms with Crippen molar-refractivity contribution < 1.29 is 14.1 Å². The molecular weight excluding hydrogens is 749 g/mol. The molecule has 306 valence electrons. The van der Waals surface area contributed by atoms with Crippen LogP contribution in [0.1, 0.15) is 74.9 Å². The third-order valence-electron chi connectivity index (χ3n) is 11.8. The Morgan fingerprint density at radius 3 is 2.08 bits per heavy atom. The first-order chi connectivity index (χ1) is 29.1. The number of nitrogens with zero attached hydrogens (tertiary/aromatic N) is 6. The minimum Gasteiger partial charge on any atom is -0.469 e. The molecule has 0 spiro atoms. The number of hydrogen-bond donors (Lipinski definition) is 2. The highest BCUT2D eigenvalue weighted by Crippen LogP contribution is 2.65. The summed E-state index contributed by atoms with van der Waals surface area (Å²) in [6, 6.07) is 40.6. The van der Waals surface area contributed by atoms with E-state index in [0.29, 0.717) is 35.8 Å². The Kier molecular flexibility index (Phi) is 12.2. The van der Waals surface area contributed by atoms with Crippen molar-refractivity contribution in [1.29, 1.82) is 0 Å². The number of tetrazole rings is 1. The summed E-state index contributed by atoms with van der Waals surface area (Å²) < 4.78 is 8.06. The Morgan fingerprint density at radius 1 is 0.867 bits per heavy atom. The van der Waals surface area contributed by atoms with Crippen LogP contribution in [-0.2, 0) is 20.4 Å². The maximum Gasteiger partial charge on any atom is 0.310 e. The van der Waals surface area contributed by atoms with Crippen molar-refractivity contribution >= 4 is 29.1 Å². The third-order valence-corrected chi connectivity index (χ3v) is 11.8. The van der Waals surface area contributed by atoms with Gasteiger partial charge in [0, 0.05) is 6.07 Å². The van der Waals surface area contributed by atoms with Gasteiger partial charge in [-0.25, -0.2) is 14.7 Å². The zero-order chi connectivity index (χ0) is 42.4. The number of nitrogens with one attached hydrogen (secondary N) is 2. The standard InChI is InChI=1S/C49H52N8O3/c1-8-10-30-48(41-31-42(58)51-34(4)50-41)43(36-24-16-12-17-25-36)33(3)49(39(9-2)47(59)60-7,40-29-21-20-28-38(40)35-22-14-11-15-23-35)45(44(48)46-52-54-55-53-46)57(32-56(5)6)37-26-18-13-19-27-37/h11-29,31-32,39H,8-10,30H2,1-7H3,(H-,50,51,52,53,54,55,58)/p+1. The highest BCUT2D eigenvalue weighted by atomic mass is 16.5. The van der Waals surface area contributed by atoms with Crippen LogP contribution in [0.15, 0.2) is 137 Å². The zero-order valence-electron chi connectivity index (χ0n) is 35.4. The first-order valence-corrected chi connectivity index (χ1v) is 20.6. The van der Waals surface area contributed by atoms with Gasteiger partial charge in [-0.05, 0) is 82.6 Å². The van der Waals surface area contributed by atoms with Gasteiger partial charge < -0.3 is 9.72 Å². The maximum absolute atomic E-state index is 15.1. The minimum absolute atomic E-state index is 0.276. The average molecular weight is 802 g/mol. The molecule has 11 heteroatoms. The molecule has 11 nitrogen and oxygen atoms in total. The largest absolute Gasteiger partial charge is 0.469 e. The fraction of sp³-hybridized carbons (Fsp3) is 0.286. The van der Waals surface area contributed by atoms with E-state index in [4.69, 9.17) is 14.8 Å². The van der Waals surface area contributed by atoms with E-state index in [0.717, 1.165) is 57.6 Å². The molecule has 1 aliphatic rings. The molecular formula is C49H53N8O3+. The summed E-state index contributed by atoms with van der Waals surface area (Å²) in [4.78, 5) is 39.1. The lowest BCUT2D eigenvalue weighted by Crippen LogP contribution is -2.52. The van der Waals surface area contributed by atoms with Gasteiger partial charge in [0.15, 0.2) is 5.82 Å². The minimum atomic E-state index is -1.30. The zero-order valence-corrected chi connectivity index (χ0v) is 35.4. The van der Waals surface area contributed by atoms with Crippen LogP contribution in [0.5, 0.6) is 0 Å². The number of aromatic amines is 2. The van der Waals surface area contributed by atoms with Gasteiger partial charge in [-0.1, -0.05) is 130 Å². The van der Waals surface area contributed by atoms with E-state index in [1.54, 1.807) is 13.0 Å². The highest BCUT2D eigenvalue weighted by molar-refractivity contribution is 5.99. The van der Waals surface area contributed by atoms with E-state index in [9.17, 15) is 4.79 Å². The fourth-order valence-electron chi connectivity index (χ4n) is 9.56. The van der Waals surface area contributed by atoms with Crippen molar-refractivity contribution in [3.8, 4) is 11.1 Å². The van der Waals surface area contributed by atoms with Gasteiger partial charge in [-0.15, -0.1) is 5.10 Å². The summed E-state index contributed by atoms with van der Waals surface area (Å²) in [5.74, 6) is -0.311. The number of rotatable bonds is 14. The molecule has 0 saturated heterocycles. The predicted octanol–water partition coefficient (Wildman–Crippen LogP) is 8.66. The summed E-state index contributed by atoms with van der Waals surface area (Å²) in [6.45, 7) is 8.17. The Labute approximate surface area is 351 Å². The molecule has 0 saturated carbocycles. The summed E-state index contributed by atoms with van der Waals surface area (Å²) in [5.41, 5.74) is 5.63. The Bertz CT molecular complexity index is 2600. The molecule has 2 aromatic heterocycles. The van der Waals surface area contributed by atoms with Crippen molar-refractivity contribution in [2.24, 2.45) is 5.92 Å². The molecule has 1 aliphatic carbocycles. The summed E-state index contributed by atoms with van der Waals surface area (Å²) in [5, 5.41) is 16.4. The Morgan fingerprint density at radius 2 is 1.50 bits per heavy atom. The normalized spacial score (nSPS) is 18.7. The number of ether oxygens (including phenoxy) is 1. The lowest BCUT2D eigenvalue weighted by molar-refractivity contribution is -0.395. The van der Waals surface area contributed by atoms with Crippen molar-refractivity contribution in [3.63, 3.8) is 0 Å². The number of unbranched alkanes of at least 4 members (excludes halogenated alkanes) is 1. The molecule has 3 unspecified atom stereocenters. The molecule has 4 aromatic carbocycles. The lowest BCUT2D eigenvalue weighted by atomic mass is 9.50. The number of esters is 1. The SMILES string of the molecule is CCCCC1(c2cc(=O)[nH]c(C)n2)C(c2ccccc2)=C(C)C(c2ccccc2-c2ccccc2)(C(CC)C(=O)OC)C([N+](=CN(C)C)c2ccccc2)=C1c1nnn[nH]1. The fourth-order valence-corrected chi connectivity index (χ4v) is 9.56. The molecule has 2 heterocycles. The molecule has 0 radical (unpaired) electrons. The third kappa shape index (κ3) is 7.18. The van der Waals surface area contributed by atoms with E-state index < -0.39 is 16.7 Å². The summed E-state index contributed by atoms with van der Waals surface area (Å²) in [6.07, 6.45) is 4.56. The number of allylic oxidation sites excluding steroid dienone is 3. The lowest BCUT2D eigenvalue weighted by Gasteiger charge is -2.52. The molecule has 7 rings (SSSR count). The number of carbonyl (C=O) groups is 1. The van der Waals surface area contributed by atoms with Gasteiger partial charge in [0.25, 0.3) is 5.56 Å². The topological polar surface area (TPSA) is 133 Å². The number of carbonyl (C=O) groups excluding carboxylic acids is 1. The van der Waals surface area contributed by atoms with Gasteiger partial charge in [0.05, 0.1) is 49.2 Å². The van der Waals surface area contributed by atoms with Gasteiger partial charge in [0.2, 0.25) is 6.34 Å². The number of H-pyrrole nitrogens is 2. The van der Waals surface area contributed by atoms with Crippen LogP contribution in [-0.4, -0.2) is 73.6 Å². The number of aryl methyl sites for hydroxylation is 1. The highest BCUT2D eigenvalue weighted by Gasteiger charge is 2.63. The van der Waals surface area contributed by atoms with Crippen LogP contribution >= 0.6 is 0 Å². The second-order valence-corrected chi connectivity index (χ2v) is 15.6. The molecule has 60 heavy (non-hydrogen) atoms. The quantitative estimate of drug-likeness (QED) is 0.0484. The number of benzene rings is 4. The van der Waals surface area contributed by atoms with Crippen molar-refractivity contribution in [3.05, 3.63) is 171 Å². The molecule has 6 aromatic rings. The van der Waals surface area contributed by atoms with Crippen molar-refractivity contribution in [2.45, 2.75) is 64.2 Å². The Hall–Kier alpha value is -6.75. The van der Waals surface area contributed by atoms with Gasteiger partial charge in [-0.2, -0.15) is 0 Å². The van der Waals surface area contributed by atoms with Crippen LogP contribution in [0.4, 0.5) is 5.69 Å². The van der Waals surface area contributed by atoms with Gasteiger partial charge in [-0.3, -0.25) is 14.5 Å². The molecule has 0 bridgehead atoms. The maximum atomic E-state index is 15.1. The van der Waals surface area contributed by atoms with E-state index in [-0.39, 0.29) is 11.5 Å². The summed E-state index contributed by atoms with van der Waals surface area (Å²) in [7, 11) is 5.43. The Balaban J connectivity index is 1.90.